The Morgan fingerprint density at radius 1 is 0.923 bits per heavy atom. The minimum atomic E-state index is -1.31. The third-order valence-electron chi connectivity index (χ3n) is 7.11. The van der Waals surface area contributed by atoms with Gasteiger partial charge in [-0.25, -0.2) is 4.79 Å². The van der Waals surface area contributed by atoms with Crippen LogP contribution in [0.3, 0.4) is 0 Å². The highest BCUT2D eigenvalue weighted by atomic mass is 35.5. The Balaban J connectivity index is 1.62. The summed E-state index contributed by atoms with van der Waals surface area (Å²) >= 11 is 18.2. The van der Waals surface area contributed by atoms with E-state index in [0.717, 1.165) is 32.1 Å². The molecule has 2 unspecified atom stereocenters. The molecule has 2 aliphatic rings. The number of hydrogen-bond acceptors (Lipinski definition) is 4. The molecule has 2 aromatic carbocycles. The molecule has 39 heavy (non-hydrogen) atoms. The van der Waals surface area contributed by atoms with Gasteiger partial charge in [-0.3, -0.25) is 19.3 Å². The highest BCUT2D eigenvalue weighted by Gasteiger charge is 2.44. The minimum Gasteiger partial charge on any atom is -0.481 e. The van der Waals surface area contributed by atoms with Gasteiger partial charge in [0.2, 0.25) is 0 Å². The molecular weight excluding hydrogens is 567 g/mol. The number of nitrogens with one attached hydrogen (secondary N) is 2. The van der Waals surface area contributed by atoms with Crippen LogP contribution in [0.25, 0.3) is 0 Å². The average Bonchev–Trinajstić information content (AvgIpc) is 3.35. The second-order valence-electron chi connectivity index (χ2n) is 9.75. The van der Waals surface area contributed by atoms with E-state index < -0.39 is 36.0 Å². The van der Waals surface area contributed by atoms with Crippen LogP contribution in [0.5, 0.6) is 0 Å². The van der Waals surface area contributed by atoms with Crippen LogP contribution in [-0.2, 0) is 9.59 Å². The Labute approximate surface area is 241 Å². The van der Waals surface area contributed by atoms with Crippen molar-refractivity contribution in [3.8, 4) is 0 Å². The maximum Gasteiger partial charge on any atom is 0.323 e. The molecular formula is C27H29Cl3N4O5. The zero-order valence-electron chi connectivity index (χ0n) is 21.0. The summed E-state index contributed by atoms with van der Waals surface area (Å²) < 4.78 is 0. The van der Waals surface area contributed by atoms with Gasteiger partial charge in [0.05, 0.1) is 16.5 Å². The van der Waals surface area contributed by atoms with E-state index in [9.17, 15) is 24.3 Å². The van der Waals surface area contributed by atoms with E-state index in [-0.39, 0.29) is 41.0 Å². The van der Waals surface area contributed by atoms with Crippen molar-refractivity contribution in [1.29, 1.82) is 0 Å². The predicted octanol–water partition coefficient (Wildman–Crippen LogP) is 5.50. The molecule has 3 N–H and O–H groups in total. The minimum absolute atomic E-state index is 0.00633. The van der Waals surface area contributed by atoms with Crippen LogP contribution in [0.15, 0.2) is 42.5 Å². The van der Waals surface area contributed by atoms with Crippen molar-refractivity contribution in [2.24, 2.45) is 5.92 Å². The summed E-state index contributed by atoms with van der Waals surface area (Å²) in [4.78, 5) is 54.8. The quantitative estimate of drug-likeness (QED) is 0.390. The fraction of sp³-hybridized carbons (Fsp3) is 0.407. The van der Waals surface area contributed by atoms with Crippen molar-refractivity contribution < 1.29 is 24.3 Å². The summed E-state index contributed by atoms with van der Waals surface area (Å²) in [5.74, 6) is -2.18. The first-order valence-electron chi connectivity index (χ1n) is 12.8. The standard InChI is InChI=1S/C27H29Cl3N4O5/c28-18-7-4-8-19(14-18)31-27(39)34-12-11-33(26(38)17-9-10-20(29)21(30)13-17)25(34)24(37)32-22(15-23(35)36)16-5-2-1-3-6-16/h4,7-10,13-14,16,22,25H,1-3,5-6,11-12,15H2,(H,31,39)(H,32,37)(H,35,36). The Hall–Kier alpha value is -3.01. The van der Waals surface area contributed by atoms with E-state index >= 15 is 0 Å². The highest BCUT2D eigenvalue weighted by molar-refractivity contribution is 6.42. The summed E-state index contributed by atoms with van der Waals surface area (Å²) in [5.41, 5.74) is 0.626. The van der Waals surface area contributed by atoms with Crippen LogP contribution < -0.4 is 10.6 Å². The molecule has 4 amide bonds. The van der Waals surface area contributed by atoms with E-state index in [2.05, 4.69) is 10.6 Å². The number of hydrogen-bond donors (Lipinski definition) is 3. The summed E-state index contributed by atoms with van der Waals surface area (Å²) in [6.45, 7) is 0.151. The number of halogens is 3. The molecule has 12 heteroatoms. The van der Waals surface area contributed by atoms with E-state index in [0.29, 0.717) is 10.7 Å². The lowest BCUT2D eigenvalue weighted by atomic mass is 9.82. The van der Waals surface area contributed by atoms with Gasteiger partial charge in [-0.1, -0.05) is 60.1 Å². The summed E-state index contributed by atoms with van der Waals surface area (Å²) in [7, 11) is 0. The number of carbonyl (C=O) groups is 4. The normalized spacial score (nSPS) is 18.5. The van der Waals surface area contributed by atoms with Crippen LogP contribution in [0, 0.1) is 5.92 Å². The molecule has 1 aliphatic heterocycles. The Morgan fingerprint density at radius 3 is 2.31 bits per heavy atom. The molecule has 9 nitrogen and oxygen atoms in total. The number of carboxylic acids is 1. The number of aliphatic carboxylic acids is 1. The molecule has 2 fully saturated rings. The topological polar surface area (TPSA) is 119 Å². The van der Waals surface area contributed by atoms with Crippen molar-refractivity contribution in [2.45, 2.75) is 50.7 Å². The number of nitrogens with zero attached hydrogens (tertiary/aromatic N) is 2. The third-order valence-corrected chi connectivity index (χ3v) is 8.09. The van der Waals surface area contributed by atoms with Gasteiger partial charge in [0, 0.05) is 35.4 Å². The molecule has 1 saturated carbocycles. The fourth-order valence-electron chi connectivity index (χ4n) is 5.21. The summed E-state index contributed by atoms with van der Waals surface area (Å²) in [6, 6.07) is 9.71. The lowest BCUT2D eigenvalue weighted by Gasteiger charge is -2.34. The van der Waals surface area contributed by atoms with Gasteiger partial charge in [0.15, 0.2) is 6.17 Å². The first kappa shape index (κ1) is 29.0. The second kappa shape index (κ2) is 12.9. The molecule has 2 atom stereocenters. The second-order valence-corrected chi connectivity index (χ2v) is 11.0. The van der Waals surface area contributed by atoms with Gasteiger partial charge in [-0.05, 0) is 55.2 Å². The van der Waals surface area contributed by atoms with Gasteiger partial charge in [-0.2, -0.15) is 0 Å². The molecule has 208 valence electrons. The molecule has 0 radical (unpaired) electrons. The number of urea groups is 1. The Kier molecular flexibility index (Phi) is 9.58. The first-order valence-corrected chi connectivity index (χ1v) is 13.9. The number of rotatable bonds is 7. The number of benzene rings is 2. The lowest BCUT2D eigenvalue weighted by molar-refractivity contribution is -0.138. The van der Waals surface area contributed by atoms with Crippen LogP contribution in [-0.4, -0.2) is 64.0 Å². The number of amides is 4. The maximum atomic E-state index is 13.8. The molecule has 1 aliphatic carbocycles. The van der Waals surface area contributed by atoms with Gasteiger partial charge in [-0.15, -0.1) is 0 Å². The molecule has 0 bridgehead atoms. The van der Waals surface area contributed by atoms with Crippen molar-refractivity contribution in [2.75, 3.05) is 18.4 Å². The smallest absolute Gasteiger partial charge is 0.323 e. The average molecular weight is 596 g/mol. The van der Waals surface area contributed by atoms with Crippen molar-refractivity contribution in [3.05, 3.63) is 63.1 Å². The monoisotopic (exact) mass is 594 g/mol. The van der Waals surface area contributed by atoms with Crippen LogP contribution >= 0.6 is 34.8 Å². The number of carboxylic acid groups (broad SMARTS) is 1. The maximum absolute atomic E-state index is 13.8. The zero-order chi connectivity index (χ0) is 28.1. The fourth-order valence-corrected chi connectivity index (χ4v) is 5.70. The van der Waals surface area contributed by atoms with E-state index in [1.807, 2.05) is 0 Å². The molecule has 2 aromatic rings. The summed E-state index contributed by atoms with van der Waals surface area (Å²) in [5, 5.41) is 16.0. The molecule has 0 spiro atoms. The van der Waals surface area contributed by atoms with Crippen LogP contribution in [0.4, 0.5) is 10.5 Å². The number of anilines is 1. The third kappa shape index (κ3) is 7.15. The van der Waals surface area contributed by atoms with Crippen LogP contribution in [0.2, 0.25) is 15.1 Å². The Morgan fingerprint density at radius 2 is 1.64 bits per heavy atom. The number of carbonyl (C=O) groups excluding carboxylic acids is 3. The first-order chi connectivity index (χ1) is 18.6. The van der Waals surface area contributed by atoms with E-state index in [4.69, 9.17) is 34.8 Å². The van der Waals surface area contributed by atoms with E-state index in [1.165, 1.54) is 28.0 Å². The van der Waals surface area contributed by atoms with Gasteiger partial charge in [0.1, 0.15) is 0 Å². The SMILES string of the molecule is O=C(O)CC(NC(=O)C1N(C(=O)Nc2cccc(Cl)c2)CCN1C(=O)c1ccc(Cl)c(Cl)c1)C1CCCCC1. The van der Waals surface area contributed by atoms with Gasteiger partial charge in [0.25, 0.3) is 11.8 Å². The predicted molar refractivity (Wildman–Crippen MR) is 149 cm³/mol. The summed E-state index contributed by atoms with van der Waals surface area (Å²) in [6.07, 6.45) is 3.01. The van der Waals surface area contributed by atoms with Crippen LogP contribution in [0.1, 0.15) is 48.9 Å². The largest absolute Gasteiger partial charge is 0.481 e. The van der Waals surface area contributed by atoms with E-state index in [1.54, 1.807) is 24.3 Å². The van der Waals surface area contributed by atoms with Gasteiger partial charge < -0.3 is 20.6 Å². The van der Waals surface area contributed by atoms with Crippen molar-refractivity contribution in [1.82, 2.24) is 15.1 Å². The zero-order valence-corrected chi connectivity index (χ0v) is 23.3. The van der Waals surface area contributed by atoms with Crippen molar-refractivity contribution in [3.63, 3.8) is 0 Å². The lowest BCUT2D eigenvalue weighted by Crippen LogP contribution is -2.57. The Bertz CT molecular complexity index is 1250. The molecule has 4 rings (SSSR count). The highest BCUT2D eigenvalue weighted by Crippen LogP contribution is 2.29. The molecule has 0 aromatic heterocycles. The molecule has 1 heterocycles. The van der Waals surface area contributed by atoms with Crippen molar-refractivity contribution >= 4 is 64.3 Å². The molecule has 1 saturated heterocycles. The van der Waals surface area contributed by atoms with Gasteiger partial charge >= 0.3 is 12.0 Å².